The van der Waals surface area contributed by atoms with Crippen LogP contribution < -0.4 is 15.8 Å². The number of nitrogens with two attached hydrogens (primary N) is 1. The molecule has 4 nitrogen and oxygen atoms in total. The van der Waals surface area contributed by atoms with E-state index in [4.69, 9.17) is 22.1 Å². The van der Waals surface area contributed by atoms with Crippen LogP contribution in [0, 0.1) is 5.82 Å². The van der Waals surface area contributed by atoms with E-state index in [0.717, 1.165) is 6.07 Å². The molecule has 2 aromatic rings. The number of anilines is 2. The molecule has 20 heavy (non-hydrogen) atoms. The molecule has 0 heterocycles. The van der Waals surface area contributed by atoms with E-state index in [0.29, 0.717) is 11.4 Å². The Bertz CT molecular complexity index is 662. The highest BCUT2D eigenvalue weighted by Crippen LogP contribution is 2.27. The largest absolute Gasteiger partial charge is 0.496 e. The quantitative estimate of drug-likeness (QED) is 0.854. The summed E-state index contributed by atoms with van der Waals surface area (Å²) >= 11 is 5.86. The summed E-state index contributed by atoms with van der Waals surface area (Å²) in [4.78, 5) is 12.2. The molecule has 2 rings (SSSR count). The first kappa shape index (κ1) is 14.1. The molecule has 2 aromatic carbocycles. The molecule has 6 heteroatoms. The number of nitrogens with one attached hydrogen (secondary N) is 1. The van der Waals surface area contributed by atoms with Crippen molar-refractivity contribution in [1.82, 2.24) is 0 Å². The van der Waals surface area contributed by atoms with Crippen LogP contribution in [0.2, 0.25) is 5.02 Å². The van der Waals surface area contributed by atoms with Gasteiger partial charge in [-0.05, 0) is 30.3 Å². The van der Waals surface area contributed by atoms with Crippen molar-refractivity contribution in [2.45, 2.75) is 0 Å². The van der Waals surface area contributed by atoms with Crippen LogP contribution >= 0.6 is 11.6 Å². The number of carbonyl (C=O) groups excluding carboxylic acids is 1. The fourth-order valence-corrected chi connectivity index (χ4v) is 1.95. The van der Waals surface area contributed by atoms with E-state index in [1.807, 2.05) is 0 Å². The van der Waals surface area contributed by atoms with Crippen molar-refractivity contribution >= 4 is 28.9 Å². The van der Waals surface area contributed by atoms with Gasteiger partial charge in [-0.1, -0.05) is 17.7 Å². The van der Waals surface area contributed by atoms with Crippen LogP contribution in [0.1, 0.15) is 10.4 Å². The Morgan fingerprint density at radius 3 is 2.75 bits per heavy atom. The normalized spacial score (nSPS) is 10.2. The third-order valence-electron chi connectivity index (χ3n) is 2.68. The maximum atomic E-state index is 13.0. The van der Waals surface area contributed by atoms with Crippen LogP contribution in [0.3, 0.4) is 0 Å². The molecule has 0 saturated carbocycles. The Kier molecular flexibility index (Phi) is 4.10. The van der Waals surface area contributed by atoms with E-state index in [1.165, 1.54) is 19.2 Å². The Morgan fingerprint density at radius 1 is 1.35 bits per heavy atom. The first-order chi connectivity index (χ1) is 9.52. The van der Waals surface area contributed by atoms with Gasteiger partial charge in [0.1, 0.15) is 17.1 Å². The first-order valence-electron chi connectivity index (χ1n) is 5.72. The molecule has 1 amide bonds. The maximum Gasteiger partial charge on any atom is 0.261 e. The van der Waals surface area contributed by atoms with Gasteiger partial charge < -0.3 is 15.8 Å². The Morgan fingerprint density at radius 2 is 2.10 bits per heavy atom. The van der Waals surface area contributed by atoms with E-state index in [1.54, 1.807) is 18.2 Å². The summed E-state index contributed by atoms with van der Waals surface area (Å²) in [5.41, 5.74) is 6.56. The summed E-state index contributed by atoms with van der Waals surface area (Å²) in [7, 11) is 1.44. The maximum absolute atomic E-state index is 13.0. The van der Waals surface area contributed by atoms with E-state index in [9.17, 15) is 9.18 Å². The van der Waals surface area contributed by atoms with Crippen molar-refractivity contribution in [2.24, 2.45) is 0 Å². The van der Waals surface area contributed by atoms with Crippen LogP contribution in [-0.2, 0) is 0 Å². The Labute approximate surface area is 120 Å². The van der Waals surface area contributed by atoms with Crippen molar-refractivity contribution < 1.29 is 13.9 Å². The van der Waals surface area contributed by atoms with Gasteiger partial charge in [0.2, 0.25) is 0 Å². The second-order valence-corrected chi connectivity index (χ2v) is 4.41. The zero-order valence-electron chi connectivity index (χ0n) is 10.6. The number of carbonyl (C=O) groups is 1. The Hall–Kier alpha value is -2.27. The highest BCUT2D eigenvalue weighted by molar-refractivity contribution is 6.34. The predicted molar refractivity (Wildman–Crippen MR) is 76.8 cm³/mol. The summed E-state index contributed by atoms with van der Waals surface area (Å²) in [5.74, 6) is -0.612. The molecule has 3 N–H and O–H groups in total. The molecule has 0 aliphatic rings. The van der Waals surface area contributed by atoms with Gasteiger partial charge >= 0.3 is 0 Å². The number of methoxy groups -OCH3 is 1. The van der Waals surface area contributed by atoms with Gasteiger partial charge in [-0.3, -0.25) is 4.79 Å². The second-order valence-electron chi connectivity index (χ2n) is 4.00. The van der Waals surface area contributed by atoms with Gasteiger partial charge in [0.25, 0.3) is 5.91 Å². The molecule has 0 bridgehead atoms. The van der Waals surface area contributed by atoms with Gasteiger partial charge in [0.15, 0.2) is 0 Å². The molecule has 0 unspecified atom stereocenters. The molecule has 0 aliphatic carbocycles. The third-order valence-corrected chi connectivity index (χ3v) is 3.00. The zero-order chi connectivity index (χ0) is 14.7. The monoisotopic (exact) mass is 294 g/mol. The lowest BCUT2D eigenvalue weighted by Gasteiger charge is -2.12. The summed E-state index contributed by atoms with van der Waals surface area (Å²) in [6.45, 7) is 0. The van der Waals surface area contributed by atoms with Gasteiger partial charge in [-0.2, -0.15) is 0 Å². The number of hydrogen-bond acceptors (Lipinski definition) is 3. The number of hydrogen-bond donors (Lipinski definition) is 2. The summed E-state index contributed by atoms with van der Waals surface area (Å²) < 4.78 is 18.1. The molecule has 0 spiro atoms. The molecular formula is C14H12ClFN2O2. The highest BCUT2D eigenvalue weighted by atomic mass is 35.5. The fraction of sp³-hybridized carbons (Fsp3) is 0.0714. The molecule has 0 aromatic heterocycles. The van der Waals surface area contributed by atoms with Crippen LogP contribution in [-0.4, -0.2) is 13.0 Å². The molecule has 104 valence electrons. The smallest absolute Gasteiger partial charge is 0.261 e. The van der Waals surface area contributed by atoms with Crippen molar-refractivity contribution in [2.75, 3.05) is 18.2 Å². The standard InChI is InChI=1S/C14H12ClFN2O2/c1-20-12-4-2-3-10(17)13(12)14(19)18-11-6-5-8(16)7-9(11)15/h2-7H,17H2,1H3,(H,18,19). The van der Waals surface area contributed by atoms with Crippen LogP contribution in [0.15, 0.2) is 36.4 Å². The van der Waals surface area contributed by atoms with Crippen LogP contribution in [0.5, 0.6) is 5.75 Å². The SMILES string of the molecule is COc1cccc(N)c1C(=O)Nc1ccc(F)cc1Cl. The minimum absolute atomic E-state index is 0.104. The fourth-order valence-electron chi connectivity index (χ4n) is 1.74. The molecule has 0 fully saturated rings. The number of halogens is 2. The van der Waals surface area contributed by atoms with Gasteiger partial charge in [0.05, 0.1) is 17.8 Å². The number of rotatable bonds is 3. The van der Waals surface area contributed by atoms with Gasteiger partial charge in [-0.15, -0.1) is 0 Å². The summed E-state index contributed by atoms with van der Waals surface area (Å²) in [6.07, 6.45) is 0. The van der Waals surface area contributed by atoms with Gasteiger partial charge in [-0.25, -0.2) is 4.39 Å². The lowest BCUT2D eigenvalue weighted by molar-refractivity contribution is 0.102. The van der Waals surface area contributed by atoms with E-state index in [2.05, 4.69) is 5.32 Å². The summed E-state index contributed by atoms with van der Waals surface area (Å²) in [5, 5.41) is 2.68. The van der Waals surface area contributed by atoms with Crippen molar-refractivity contribution in [3.05, 3.63) is 52.8 Å². The number of nitrogen functional groups attached to an aromatic ring is 1. The second kappa shape index (κ2) is 5.79. The molecule has 0 aliphatic heterocycles. The summed E-state index contributed by atoms with van der Waals surface area (Å²) in [6, 6.07) is 8.58. The zero-order valence-corrected chi connectivity index (χ0v) is 11.4. The predicted octanol–water partition coefficient (Wildman–Crippen LogP) is 3.32. The van der Waals surface area contributed by atoms with E-state index in [-0.39, 0.29) is 16.3 Å². The lowest BCUT2D eigenvalue weighted by atomic mass is 10.1. The number of ether oxygens (including phenoxy) is 1. The van der Waals surface area contributed by atoms with Gasteiger partial charge in [0, 0.05) is 5.69 Å². The molecular weight excluding hydrogens is 283 g/mol. The van der Waals surface area contributed by atoms with E-state index >= 15 is 0 Å². The average Bonchev–Trinajstić information content (AvgIpc) is 2.41. The number of amides is 1. The third kappa shape index (κ3) is 2.83. The average molecular weight is 295 g/mol. The molecule has 0 radical (unpaired) electrons. The minimum atomic E-state index is -0.482. The molecule has 0 atom stereocenters. The minimum Gasteiger partial charge on any atom is -0.496 e. The first-order valence-corrected chi connectivity index (χ1v) is 6.09. The highest BCUT2D eigenvalue weighted by Gasteiger charge is 2.17. The number of benzene rings is 2. The van der Waals surface area contributed by atoms with Crippen molar-refractivity contribution in [1.29, 1.82) is 0 Å². The Balaban J connectivity index is 2.33. The topological polar surface area (TPSA) is 64.3 Å². The van der Waals surface area contributed by atoms with Crippen molar-refractivity contribution in [3.8, 4) is 5.75 Å². The van der Waals surface area contributed by atoms with E-state index < -0.39 is 11.7 Å². The lowest BCUT2D eigenvalue weighted by Crippen LogP contribution is -2.15. The van der Waals surface area contributed by atoms with Crippen LogP contribution in [0.4, 0.5) is 15.8 Å². The van der Waals surface area contributed by atoms with Crippen molar-refractivity contribution in [3.63, 3.8) is 0 Å². The van der Waals surface area contributed by atoms with Crippen LogP contribution in [0.25, 0.3) is 0 Å². The molecule has 0 saturated heterocycles.